The molecular weight excluding hydrogens is 371 g/mol. The van der Waals surface area contributed by atoms with Gasteiger partial charge in [0.2, 0.25) is 0 Å². The highest BCUT2D eigenvalue weighted by Crippen LogP contribution is 2.32. The number of tetrazole rings is 1. The number of hydrogen-bond donors (Lipinski definition) is 1. The Morgan fingerprint density at radius 1 is 1.10 bits per heavy atom. The number of carbonyl (C=O) groups is 1. The molecule has 0 bridgehead atoms. The number of halogens is 1. The van der Waals surface area contributed by atoms with E-state index >= 15 is 0 Å². The van der Waals surface area contributed by atoms with Gasteiger partial charge in [-0.25, -0.2) is 9.07 Å². The van der Waals surface area contributed by atoms with E-state index in [2.05, 4.69) is 20.8 Å². The second-order valence-electron chi connectivity index (χ2n) is 6.85. The van der Waals surface area contributed by atoms with Crippen LogP contribution in [0.15, 0.2) is 54.6 Å². The molecule has 1 N–H and O–H groups in total. The maximum absolute atomic E-state index is 14.7. The van der Waals surface area contributed by atoms with Crippen LogP contribution in [0.25, 0.3) is 22.2 Å². The van der Waals surface area contributed by atoms with Crippen molar-refractivity contribution in [1.82, 2.24) is 25.1 Å². The van der Waals surface area contributed by atoms with Crippen LogP contribution in [0.2, 0.25) is 0 Å². The number of rotatable bonds is 4. The number of aromatic nitrogens is 4. The SMILES string of the molecule is CN(C)C(=O)c1ccc(Nc2cccc(-c3nnnn3C)c2)c2cccc(F)c12. The van der Waals surface area contributed by atoms with E-state index in [0.717, 1.165) is 11.3 Å². The van der Waals surface area contributed by atoms with Crippen LogP contribution in [0.3, 0.4) is 0 Å². The summed E-state index contributed by atoms with van der Waals surface area (Å²) in [7, 11) is 5.06. The van der Waals surface area contributed by atoms with Crippen LogP contribution >= 0.6 is 0 Å². The van der Waals surface area contributed by atoms with Crippen LogP contribution in [-0.4, -0.2) is 45.1 Å². The maximum Gasteiger partial charge on any atom is 0.254 e. The number of fused-ring (bicyclic) bond motifs is 1. The first kappa shape index (κ1) is 18.5. The largest absolute Gasteiger partial charge is 0.355 e. The summed E-state index contributed by atoms with van der Waals surface area (Å²) in [6.45, 7) is 0. The number of benzene rings is 3. The van der Waals surface area contributed by atoms with Gasteiger partial charge in [-0.2, -0.15) is 0 Å². The molecule has 4 rings (SSSR count). The predicted octanol–water partition coefficient (Wildman–Crippen LogP) is 3.61. The molecule has 0 unspecified atom stereocenters. The molecule has 8 heteroatoms. The smallest absolute Gasteiger partial charge is 0.254 e. The zero-order valence-electron chi connectivity index (χ0n) is 16.2. The Balaban J connectivity index is 1.79. The Labute approximate surface area is 166 Å². The van der Waals surface area contributed by atoms with Crippen molar-refractivity contribution in [3.05, 3.63) is 66.0 Å². The molecule has 146 valence electrons. The Bertz CT molecular complexity index is 1220. The van der Waals surface area contributed by atoms with Crippen LogP contribution < -0.4 is 5.32 Å². The van der Waals surface area contributed by atoms with Gasteiger partial charge < -0.3 is 10.2 Å². The number of nitrogens with zero attached hydrogens (tertiary/aromatic N) is 5. The first-order valence-electron chi connectivity index (χ1n) is 8.98. The van der Waals surface area contributed by atoms with E-state index < -0.39 is 5.82 Å². The maximum atomic E-state index is 14.7. The van der Waals surface area contributed by atoms with E-state index in [9.17, 15) is 9.18 Å². The molecule has 1 aromatic heterocycles. The second kappa shape index (κ2) is 7.31. The summed E-state index contributed by atoms with van der Waals surface area (Å²) in [4.78, 5) is 13.9. The molecule has 29 heavy (non-hydrogen) atoms. The van der Waals surface area contributed by atoms with Crippen molar-refractivity contribution in [1.29, 1.82) is 0 Å². The lowest BCUT2D eigenvalue weighted by Gasteiger charge is -2.16. The minimum absolute atomic E-state index is 0.247. The van der Waals surface area contributed by atoms with Crippen molar-refractivity contribution >= 4 is 28.1 Å². The monoisotopic (exact) mass is 390 g/mol. The van der Waals surface area contributed by atoms with Crippen molar-refractivity contribution < 1.29 is 9.18 Å². The van der Waals surface area contributed by atoms with E-state index in [0.29, 0.717) is 27.8 Å². The molecule has 3 aromatic carbocycles. The Morgan fingerprint density at radius 3 is 2.62 bits per heavy atom. The third kappa shape index (κ3) is 3.40. The molecule has 0 saturated carbocycles. The third-order valence-corrected chi connectivity index (χ3v) is 4.65. The summed E-state index contributed by atoms with van der Waals surface area (Å²) in [5.74, 6) is -0.0461. The van der Waals surface area contributed by atoms with E-state index in [-0.39, 0.29) is 5.91 Å². The number of nitrogens with one attached hydrogen (secondary N) is 1. The molecule has 0 saturated heterocycles. The lowest BCUT2D eigenvalue weighted by Crippen LogP contribution is -2.22. The zero-order valence-corrected chi connectivity index (χ0v) is 16.2. The molecule has 7 nitrogen and oxygen atoms in total. The van der Waals surface area contributed by atoms with Crippen LogP contribution in [-0.2, 0) is 7.05 Å². The fourth-order valence-electron chi connectivity index (χ4n) is 3.26. The lowest BCUT2D eigenvalue weighted by atomic mass is 10.0. The molecule has 0 spiro atoms. The second-order valence-corrected chi connectivity index (χ2v) is 6.85. The summed E-state index contributed by atoms with van der Waals surface area (Å²) < 4.78 is 16.2. The summed E-state index contributed by atoms with van der Waals surface area (Å²) in [6, 6.07) is 15.8. The van der Waals surface area contributed by atoms with Gasteiger partial charge >= 0.3 is 0 Å². The van der Waals surface area contributed by atoms with Crippen molar-refractivity contribution in [2.45, 2.75) is 0 Å². The molecule has 0 radical (unpaired) electrons. The molecule has 4 aromatic rings. The number of hydrogen-bond acceptors (Lipinski definition) is 5. The molecule has 1 amide bonds. The number of aryl methyl sites for hydroxylation is 1. The van der Waals surface area contributed by atoms with E-state index in [1.165, 1.54) is 11.0 Å². The van der Waals surface area contributed by atoms with Gasteiger partial charge in [-0.3, -0.25) is 4.79 Å². The Hall–Kier alpha value is -3.81. The Morgan fingerprint density at radius 2 is 1.90 bits per heavy atom. The molecule has 0 aliphatic rings. The van der Waals surface area contributed by atoms with Crippen molar-refractivity contribution in [3.8, 4) is 11.4 Å². The van der Waals surface area contributed by atoms with Gasteiger partial charge in [-0.15, -0.1) is 5.10 Å². The quantitative estimate of drug-likeness (QED) is 0.576. The minimum atomic E-state index is -0.435. The summed E-state index contributed by atoms with van der Waals surface area (Å²) in [5.41, 5.74) is 2.66. The van der Waals surface area contributed by atoms with Crippen LogP contribution in [0, 0.1) is 5.82 Å². The highest BCUT2D eigenvalue weighted by molar-refractivity contribution is 6.10. The fourth-order valence-corrected chi connectivity index (χ4v) is 3.26. The molecule has 0 atom stereocenters. The van der Waals surface area contributed by atoms with Gasteiger partial charge in [0, 0.05) is 48.9 Å². The minimum Gasteiger partial charge on any atom is -0.355 e. The molecule has 1 heterocycles. The third-order valence-electron chi connectivity index (χ3n) is 4.65. The fraction of sp³-hybridized carbons (Fsp3) is 0.143. The standard InChI is InChI=1S/C21H19FN6O/c1-27(2)21(29)16-10-11-18(15-8-5-9-17(22)19(15)16)23-14-7-4-6-13(12-14)20-24-25-26-28(20)3/h4-12,23H,1-3H3. The first-order chi connectivity index (χ1) is 14.0. The van der Waals surface area contributed by atoms with Crippen molar-refractivity contribution in [3.63, 3.8) is 0 Å². The molecule has 0 aliphatic heterocycles. The first-order valence-corrected chi connectivity index (χ1v) is 8.98. The highest BCUT2D eigenvalue weighted by atomic mass is 19.1. The molecule has 0 aliphatic carbocycles. The number of amides is 1. The summed E-state index contributed by atoms with van der Waals surface area (Å²) in [6.07, 6.45) is 0. The van der Waals surface area contributed by atoms with E-state index in [1.54, 1.807) is 50.1 Å². The van der Waals surface area contributed by atoms with Crippen molar-refractivity contribution in [2.24, 2.45) is 7.05 Å². The predicted molar refractivity (Wildman–Crippen MR) is 109 cm³/mol. The van der Waals surface area contributed by atoms with Crippen molar-refractivity contribution in [2.75, 3.05) is 19.4 Å². The van der Waals surface area contributed by atoms with Gasteiger partial charge in [-0.1, -0.05) is 24.3 Å². The normalized spacial score (nSPS) is 10.9. The van der Waals surface area contributed by atoms with Gasteiger partial charge in [-0.05, 0) is 40.8 Å². The van der Waals surface area contributed by atoms with Gasteiger partial charge in [0.25, 0.3) is 5.91 Å². The van der Waals surface area contributed by atoms with Crippen LogP contribution in [0.4, 0.5) is 15.8 Å². The molecule has 0 fully saturated rings. The van der Waals surface area contributed by atoms with Crippen LogP contribution in [0.1, 0.15) is 10.4 Å². The van der Waals surface area contributed by atoms with E-state index in [1.807, 2.05) is 24.3 Å². The Kier molecular flexibility index (Phi) is 4.67. The summed E-state index contributed by atoms with van der Waals surface area (Å²) >= 11 is 0. The topological polar surface area (TPSA) is 75.9 Å². The lowest BCUT2D eigenvalue weighted by molar-refractivity contribution is 0.0829. The average molecular weight is 390 g/mol. The number of anilines is 2. The average Bonchev–Trinajstić information content (AvgIpc) is 3.14. The van der Waals surface area contributed by atoms with Gasteiger partial charge in [0.05, 0.1) is 5.56 Å². The van der Waals surface area contributed by atoms with Gasteiger partial charge in [0.1, 0.15) is 5.82 Å². The molecular formula is C21H19FN6O. The zero-order chi connectivity index (χ0) is 20.5. The highest BCUT2D eigenvalue weighted by Gasteiger charge is 2.17. The summed E-state index contributed by atoms with van der Waals surface area (Å²) in [5, 5.41) is 15.8. The number of carbonyl (C=O) groups excluding carboxylic acids is 1. The van der Waals surface area contributed by atoms with Crippen LogP contribution in [0.5, 0.6) is 0 Å². The van der Waals surface area contributed by atoms with E-state index in [4.69, 9.17) is 0 Å². The van der Waals surface area contributed by atoms with Gasteiger partial charge in [0.15, 0.2) is 5.82 Å².